The van der Waals surface area contributed by atoms with Crippen LogP contribution in [0.1, 0.15) is 103 Å². The molecule has 7 heteroatoms. The van der Waals surface area contributed by atoms with Crippen LogP contribution in [0.2, 0.25) is 0 Å². The van der Waals surface area contributed by atoms with Crippen molar-refractivity contribution in [1.82, 2.24) is 0 Å². The Hall–Kier alpha value is -1.42. The van der Waals surface area contributed by atoms with E-state index in [1.807, 2.05) is 0 Å². The summed E-state index contributed by atoms with van der Waals surface area (Å²) in [5.41, 5.74) is 0. The van der Waals surface area contributed by atoms with Crippen LogP contribution in [0.25, 0.3) is 0 Å². The third-order valence-corrected chi connectivity index (χ3v) is 4.89. The summed E-state index contributed by atoms with van der Waals surface area (Å²) < 4.78 is 9.29. The van der Waals surface area contributed by atoms with Gasteiger partial charge < -0.3 is 14.4 Å². The molecule has 2 atom stereocenters. The molecule has 1 unspecified atom stereocenters. The number of hydrogen-bond acceptors (Lipinski definition) is 5. The summed E-state index contributed by atoms with van der Waals surface area (Å²) in [4.78, 5) is 33.9. The fourth-order valence-corrected chi connectivity index (χ4v) is 3.12. The van der Waals surface area contributed by atoms with E-state index in [2.05, 4.69) is 23.6 Å². The zero-order valence-corrected chi connectivity index (χ0v) is 19.1. The first-order valence-corrected chi connectivity index (χ1v) is 11.4. The third kappa shape index (κ3) is 18.4. The Labute approximate surface area is 178 Å². The van der Waals surface area contributed by atoms with Crippen LogP contribution in [0.3, 0.4) is 0 Å². The summed E-state index contributed by atoms with van der Waals surface area (Å²) in [5.74, 6) is -2.67. The highest BCUT2D eigenvalue weighted by molar-refractivity contribution is 7.10. The molecule has 0 fully saturated rings. The van der Waals surface area contributed by atoms with Crippen LogP contribution in [0, 0.1) is 0 Å². The second kappa shape index (κ2) is 19.9. The smallest absolute Gasteiger partial charge is 0.350 e. The van der Waals surface area contributed by atoms with Crippen molar-refractivity contribution in [2.45, 2.75) is 109 Å². The van der Waals surface area contributed by atoms with Gasteiger partial charge in [-0.05, 0) is 32.1 Å². The quantitative estimate of drug-likeness (QED) is 0.122. The number of carbonyl (C=O) groups excluding carboxylic acids is 2. The monoisotopic (exact) mass is 430 g/mol. The highest BCUT2D eigenvalue weighted by Gasteiger charge is 2.26. The van der Waals surface area contributed by atoms with Gasteiger partial charge in [-0.25, -0.2) is 4.79 Å². The van der Waals surface area contributed by atoms with Crippen molar-refractivity contribution in [1.29, 1.82) is 0 Å². The Kier molecular flexibility index (Phi) is 18.9. The van der Waals surface area contributed by atoms with E-state index in [9.17, 15) is 14.4 Å². The number of esters is 1. The summed E-state index contributed by atoms with van der Waals surface area (Å²) in [5, 5.41) is 8.75. The lowest BCUT2D eigenvalue weighted by molar-refractivity contribution is -0.165. The molecule has 0 aromatic heterocycles. The number of unbranched alkanes of at least 4 members (excludes halogenated alkanes) is 11. The number of carbonyl (C=O) groups is 3. The molecule has 1 N–H and O–H groups in total. The topological polar surface area (TPSA) is 89.9 Å². The van der Waals surface area contributed by atoms with Crippen LogP contribution in [0.4, 0.5) is 0 Å². The summed E-state index contributed by atoms with van der Waals surface area (Å²) in [6.07, 6.45) is 18.0. The van der Waals surface area contributed by atoms with Crippen LogP contribution in [0.5, 0.6) is 0 Å². The van der Waals surface area contributed by atoms with Crippen LogP contribution in [-0.4, -0.2) is 29.1 Å². The van der Waals surface area contributed by atoms with Gasteiger partial charge in [0.25, 0.3) is 0 Å². The zero-order chi connectivity index (χ0) is 21.7. The predicted molar refractivity (Wildman–Crippen MR) is 117 cm³/mol. The van der Waals surface area contributed by atoms with Gasteiger partial charge in [-0.15, -0.1) is 0 Å². The first-order valence-electron chi connectivity index (χ1n) is 11.0. The molecule has 0 saturated heterocycles. The lowest BCUT2D eigenvalue weighted by Gasteiger charge is -2.13. The van der Waals surface area contributed by atoms with Gasteiger partial charge in [-0.2, -0.15) is 0 Å². The van der Waals surface area contributed by atoms with Gasteiger partial charge in [-0.3, -0.25) is 9.59 Å². The summed E-state index contributed by atoms with van der Waals surface area (Å²) in [7, 11) is 1.73. The molecule has 0 aromatic rings. The van der Waals surface area contributed by atoms with Gasteiger partial charge in [0.15, 0.2) is 0 Å². The van der Waals surface area contributed by atoms with E-state index in [0.29, 0.717) is 6.42 Å². The Morgan fingerprint density at radius 3 is 1.90 bits per heavy atom. The average molecular weight is 431 g/mol. The van der Waals surface area contributed by atoms with E-state index < -0.39 is 30.4 Å². The maximum atomic E-state index is 11.8. The van der Waals surface area contributed by atoms with E-state index in [1.165, 1.54) is 44.9 Å². The minimum absolute atomic E-state index is 0.179. The van der Waals surface area contributed by atoms with Crippen molar-refractivity contribution in [2.75, 3.05) is 0 Å². The van der Waals surface area contributed by atoms with E-state index in [4.69, 9.17) is 9.84 Å². The SMILES string of the molecule is CCCCCCCC/C=C/CCCCCCCC(=O)O[C@@H](CC(=O)O)C(=O)OP. The Bertz CT molecular complexity index is 478. The molecule has 0 aromatic carbocycles. The van der Waals surface area contributed by atoms with Gasteiger partial charge in [0.1, 0.15) is 0 Å². The van der Waals surface area contributed by atoms with Crippen molar-refractivity contribution in [3.8, 4) is 0 Å². The highest BCUT2D eigenvalue weighted by atomic mass is 31.0. The maximum absolute atomic E-state index is 11.8. The van der Waals surface area contributed by atoms with Gasteiger partial charge in [-0.1, -0.05) is 70.4 Å². The van der Waals surface area contributed by atoms with Crippen molar-refractivity contribution < 1.29 is 28.8 Å². The number of aliphatic carboxylic acids is 1. The third-order valence-electron chi connectivity index (χ3n) is 4.66. The Balaban J connectivity index is 3.59. The number of carboxylic acids is 1. The molecule has 0 spiro atoms. The standard InChI is InChI=1S/C22H39O6P/c1-2-3-4-5-6-7-8-9-10-11-12-13-14-15-16-17-21(25)27-19(18-20(23)24)22(26)28-29/h9-10,19H,2-8,11-18,29H2,1H3,(H,23,24)/b10-9+/t19-/m0/s1. The second-order valence-electron chi connectivity index (χ2n) is 7.35. The van der Waals surface area contributed by atoms with Gasteiger partial charge >= 0.3 is 17.9 Å². The molecule has 0 aliphatic carbocycles. The van der Waals surface area contributed by atoms with E-state index in [-0.39, 0.29) is 6.42 Å². The van der Waals surface area contributed by atoms with Crippen molar-refractivity contribution in [2.24, 2.45) is 0 Å². The van der Waals surface area contributed by atoms with E-state index >= 15 is 0 Å². The van der Waals surface area contributed by atoms with Crippen molar-refractivity contribution in [3.05, 3.63) is 12.2 Å². The number of allylic oxidation sites excluding steroid dienone is 2. The molecular weight excluding hydrogens is 391 g/mol. The van der Waals surface area contributed by atoms with Crippen LogP contribution in [0.15, 0.2) is 12.2 Å². The number of rotatable bonds is 19. The average Bonchev–Trinajstić information content (AvgIpc) is 2.69. The number of carboxylic acid groups (broad SMARTS) is 1. The first-order chi connectivity index (χ1) is 14.0. The molecule has 0 aliphatic rings. The van der Waals surface area contributed by atoms with Crippen molar-refractivity contribution >= 4 is 27.4 Å². The van der Waals surface area contributed by atoms with Crippen molar-refractivity contribution in [3.63, 3.8) is 0 Å². The molecule has 0 bridgehead atoms. The molecule has 0 radical (unpaired) electrons. The van der Waals surface area contributed by atoms with Gasteiger partial charge in [0.05, 0.1) is 15.9 Å². The van der Waals surface area contributed by atoms with Crippen LogP contribution in [-0.2, 0) is 23.6 Å². The largest absolute Gasteiger partial charge is 0.481 e. The molecule has 168 valence electrons. The minimum Gasteiger partial charge on any atom is -0.481 e. The summed E-state index contributed by atoms with van der Waals surface area (Å²) in [6.45, 7) is 2.24. The Morgan fingerprint density at radius 2 is 1.38 bits per heavy atom. The second-order valence-corrected chi connectivity index (χ2v) is 7.58. The zero-order valence-electron chi connectivity index (χ0n) is 17.9. The number of hydrogen-bond donors (Lipinski definition) is 1. The summed E-state index contributed by atoms with van der Waals surface area (Å²) >= 11 is 0. The maximum Gasteiger partial charge on any atom is 0.350 e. The summed E-state index contributed by atoms with van der Waals surface area (Å²) in [6, 6.07) is 0. The molecule has 0 rings (SSSR count). The fourth-order valence-electron chi connectivity index (χ4n) is 2.97. The van der Waals surface area contributed by atoms with Gasteiger partial charge in [0.2, 0.25) is 6.10 Å². The lowest BCUT2D eigenvalue weighted by atomic mass is 10.1. The number of ether oxygens (including phenoxy) is 1. The molecule has 0 heterocycles. The fraction of sp³-hybridized carbons (Fsp3) is 0.773. The Morgan fingerprint density at radius 1 is 0.862 bits per heavy atom. The van der Waals surface area contributed by atoms with E-state index in [1.54, 1.807) is 9.47 Å². The van der Waals surface area contributed by atoms with E-state index in [0.717, 1.165) is 32.1 Å². The van der Waals surface area contributed by atoms with Gasteiger partial charge in [0, 0.05) is 6.42 Å². The molecular formula is C22H39O6P. The van der Waals surface area contributed by atoms with Crippen LogP contribution >= 0.6 is 9.47 Å². The first kappa shape index (κ1) is 27.6. The molecule has 6 nitrogen and oxygen atoms in total. The molecule has 0 amide bonds. The highest BCUT2D eigenvalue weighted by Crippen LogP contribution is 2.12. The minimum atomic E-state index is -1.39. The lowest BCUT2D eigenvalue weighted by Crippen LogP contribution is -2.29. The molecule has 0 saturated carbocycles. The normalized spacial score (nSPS) is 12.1. The molecule has 29 heavy (non-hydrogen) atoms. The predicted octanol–water partition coefficient (Wildman–Crippen LogP) is 5.74. The molecule has 0 aliphatic heterocycles. The van der Waals surface area contributed by atoms with Crippen LogP contribution < -0.4 is 0 Å².